The quantitative estimate of drug-likeness (QED) is 0.839. The van der Waals surface area contributed by atoms with Gasteiger partial charge in [-0.2, -0.15) is 13.2 Å². The van der Waals surface area contributed by atoms with Crippen molar-refractivity contribution in [2.45, 2.75) is 19.5 Å². The number of rotatable bonds is 5. The molecule has 0 aliphatic rings. The summed E-state index contributed by atoms with van der Waals surface area (Å²) in [5.41, 5.74) is -0.937. The number of anilines is 2. The van der Waals surface area contributed by atoms with Crippen molar-refractivity contribution in [3.8, 4) is 0 Å². The van der Waals surface area contributed by atoms with Gasteiger partial charge >= 0.3 is 6.18 Å². The molecule has 5 nitrogen and oxygen atoms in total. The van der Waals surface area contributed by atoms with E-state index in [-0.39, 0.29) is 16.3 Å². The Kier molecular flexibility index (Phi) is 5.61. The topological polar surface area (TPSA) is 66.9 Å². The lowest BCUT2D eigenvalue weighted by atomic mass is 10.2. The molecule has 0 saturated carbocycles. The number of carbonyl (C=O) groups excluding carboxylic acids is 1. The third-order valence-corrected chi connectivity index (χ3v) is 3.32. The van der Waals surface area contributed by atoms with E-state index in [0.717, 1.165) is 24.6 Å². The molecule has 0 aliphatic heterocycles. The Hall–Kier alpha value is -2.35. The Morgan fingerprint density at radius 1 is 1.25 bits per heavy atom. The van der Waals surface area contributed by atoms with E-state index in [1.54, 1.807) is 0 Å². The second kappa shape index (κ2) is 7.48. The van der Waals surface area contributed by atoms with Crippen molar-refractivity contribution in [3.63, 3.8) is 0 Å². The standard InChI is InChI=1S/C15H14ClF3N4O/c1-2-5-20-14-21-7-9(8-22-14)13(24)23-12-6-10(15(17,18)19)3-4-11(12)16/h3-4,6-8H,2,5H2,1H3,(H,23,24)(H,20,21,22). The number of benzene rings is 1. The lowest BCUT2D eigenvalue weighted by molar-refractivity contribution is -0.137. The van der Waals surface area contributed by atoms with E-state index in [4.69, 9.17) is 11.6 Å². The maximum absolute atomic E-state index is 12.7. The van der Waals surface area contributed by atoms with Crippen molar-refractivity contribution in [3.05, 3.63) is 46.7 Å². The second-order valence-corrected chi connectivity index (χ2v) is 5.28. The third-order valence-electron chi connectivity index (χ3n) is 2.99. The van der Waals surface area contributed by atoms with E-state index in [1.165, 1.54) is 12.4 Å². The lowest BCUT2D eigenvalue weighted by Crippen LogP contribution is -2.15. The minimum Gasteiger partial charge on any atom is -0.354 e. The van der Waals surface area contributed by atoms with Gasteiger partial charge in [-0.15, -0.1) is 0 Å². The summed E-state index contributed by atoms with van der Waals surface area (Å²) in [5, 5.41) is 5.27. The molecule has 0 atom stereocenters. The molecule has 1 aromatic carbocycles. The van der Waals surface area contributed by atoms with Gasteiger partial charge in [0.05, 0.1) is 21.8 Å². The zero-order valence-electron chi connectivity index (χ0n) is 12.6. The Bertz CT molecular complexity index is 720. The monoisotopic (exact) mass is 358 g/mol. The molecule has 0 unspecified atom stereocenters. The highest BCUT2D eigenvalue weighted by Crippen LogP contribution is 2.33. The number of hydrogen-bond acceptors (Lipinski definition) is 4. The van der Waals surface area contributed by atoms with Crippen LogP contribution in [0.3, 0.4) is 0 Å². The molecule has 0 fully saturated rings. The summed E-state index contributed by atoms with van der Waals surface area (Å²) in [6, 6.07) is 2.70. The van der Waals surface area contributed by atoms with Gasteiger partial charge in [-0.3, -0.25) is 4.79 Å². The van der Waals surface area contributed by atoms with E-state index in [1.807, 2.05) is 6.92 Å². The van der Waals surface area contributed by atoms with Crippen LogP contribution in [-0.4, -0.2) is 22.4 Å². The molecule has 0 radical (unpaired) electrons. The molecule has 24 heavy (non-hydrogen) atoms. The van der Waals surface area contributed by atoms with Crippen molar-refractivity contribution in [1.82, 2.24) is 9.97 Å². The number of aromatic nitrogens is 2. The molecule has 0 aliphatic carbocycles. The van der Waals surface area contributed by atoms with Gasteiger partial charge in [0.25, 0.3) is 5.91 Å². The number of hydrogen-bond donors (Lipinski definition) is 2. The van der Waals surface area contributed by atoms with E-state index in [0.29, 0.717) is 12.5 Å². The summed E-state index contributed by atoms with van der Waals surface area (Å²) >= 11 is 5.84. The molecule has 2 aromatic rings. The molecule has 0 bridgehead atoms. The van der Waals surface area contributed by atoms with Crippen molar-refractivity contribution < 1.29 is 18.0 Å². The predicted molar refractivity (Wildman–Crippen MR) is 85.2 cm³/mol. The molecule has 2 N–H and O–H groups in total. The fraction of sp³-hybridized carbons (Fsp3) is 0.267. The normalized spacial score (nSPS) is 11.2. The first kappa shape index (κ1) is 18.0. The van der Waals surface area contributed by atoms with Gasteiger partial charge in [0.1, 0.15) is 0 Å². The maximum atomic E-state index is 12.7. The highest BCUT2D eigenvalue weighted by Gasteiger charge is 2.31. The largest absolute Gasteiger partial charge is 0.416 e. The van der Waals surface area contributed by atoms with Gasteiger partial charge in [-0.05, 0) is 24.6 Å². The lowest BCUT2D eigenvalue weighted by Gasteiger charge is -2.11. The Morgan fingerprint density at radius 3 is 2.50 bits per heavy atom. The van der Waals surface area contributed by atoms with Crippen molar-refractivity contribution in [2.24, 2.45) is 0 Å². The number of carbonyl (C=O) groups is 1. The average Bonchev–Trinajstić information content (AvgIpc) is 2.54. The van der Waals surface area contributed by atoms with E-state index in [2.05, 4.69) is 20.6 Å². The number of alkyl halides is 3. The van der Waals surface area contributed by atoms with Crippen LogP contribution in [0.15, 0.2) is 30.6 Å². The van der Waals surface area contributed by atoms with Crippen LogP contribution in [0.1, 0.15) is 29.3 Å². The fourth-order valence-corrected chi connectivity index (χ4v) is 1.93. The van der Waals surface area contributed by atoms with Crippen LogP contribution in [0.4, 0.5) is 24.8 Å². The van der Waals surface area contributed by atoms with Gasteiger partial charge in [-0.1, -0.05) is 18.5 Å². The van der Waals surface area contributed by atoms with Crippen LogP contribution in [0, 0.1) is 0 Å². The molecule has 1 heterocycles. The van der Waals surface area contributed by atoms with E-state index < -0.39 is 17.6 Å². The van der Waals surface area contributed by atoms with Crippen molar-refractivity contribution in [1.29, 1.82) is 0 Å². The zero-order chi connectivity index (χ0) is 17.7. The van der Waals surface area contributed by atoms with Gasteiger partial charge in [0, 0.05) is 18.9 Å². The molecular weight excluding hydrogens is 345 g/mol. The van der Waals surface area contributed by atoms with E-state index in [9.17, 15) is 18.0 Å². The molecule has 128 valence electrons. The molecule has 0 spiro atoms. The number of nitrogens with one attached hydrogen (secondary N) is 2. The highest BCUT2D eigenvalue weighted by atomic mass is 35.5. The predicted octanol–water partition coefficient (Wildman–Crippen LogP) is 4.22. The van der Waals surface area contributed by atoms with Gasteiger partial charge < -0.3 is 10.6 Å². The summed E-state index contributed by atoms with van der Waals surface area (Å²) in [6.07, 6.45) is -1.08. The van der Waals surface area contributed by atoms with Gasteiger partial charge in [0.2, 0.25) is 5.95 Å². The Balaban J connectivity index is 2.14. The number of amides is 1. The molecule has 2 rings (SSSR count). The van der Waals surface area contributed by atoms with Crippen LogP contribution in [0.5, 0.6) is 0 Å². The molecule has 1 amide bonds. The third kappa shape index (κ3) is 4.58. The summed E-state index contributed by atoms with van der Waals surface area (Å²) in [4.78, 5) is 20.0. The van der Waals surface area contributed by atoms with Crippen LogP contribution in [0.25, 0.3) is 0 Å². The molecule has 1 aromatic heterocycles. The Labute approximate surface area is 141 Å². The first-order chi connectivity index (χ1) is 11.3. The zero-order valence-corrected chi connectivity index (χ0v) is 13.4. The summed E-state index contributed by atoms with van der Waals surface area (Å²) < 4.78 is 38.2. The fourth-order valence-electron chi connectivity index (χ4n) is 1.77. The SMILES string of the molecule is CCCNc1ncc(C(=O)Nc2cc(C(F)(F)F)ccc2Cl)cn1. The maximum Gasteiger partial charge on any atom is 0.416 e. The first-order valence-corrected chi connectivity index (χ1v) is 7.43. The summed E-state index contributed by atoms with van der Waals surface area (Å²) in [7, 11) is 0. The van der Waals surface area contributed by atoms with Crippen molar-refractivity contribution in [2.75, 3.05) is 17.2 Å². The minimum absolute atomic E-state index is 0.00139. The second-order valence-electron chi connectivity index (χ2n) is 4.87. The average molecular weight is 359 g/mol. The Morgan fingerprint density at radius 2 is 1.92 bits per heavy atom. The van der Waals surface area contributed by atoms with Crippen LogP contribution in [-0.2, 0) is 6.18 Å². The molecule has 9 heteroatoms. The minimum atomic E-state index is -4.53. The number of halogens is 4. The molecular formula is C15H14ClF3N4O. The van der Waals surface area contributed by atoms with Gasteiger partial charge in [0.15, 0.2) is 0 Å². The smallest absolute Gasteiger partial charge is 0.354 e. The van der Waals surface area contributed by atoms with Crippen LogP contribution < -0.4 is 10.6 Å². The van der Waals surface area contributed by atoms with Gasteiger partial charge in [-0.25, -0.2) is 9.97 Å². The highest BCUT2D eigenvalue weighted by molar-refractivity contribution is 6.34. The summed E-state index contributed by atoms with van der Waals surface area (Å²) in [6.45, 7) is 2.67. The first-order valence-electron chi connectivity index (χ1n) is 7.05. The number of nitrogens with zero attached hydrogens (tertiary/aromatic N) is 2. The van der Waals surface area contributed by atoms with Crippen LogP contribution >= 0.6 is 11.6 Å². The van der Waals surface area contributed by atoms with Crippen molar-refractivity contribution >= 4 is 29.1 Å². The summed E-state index contributed by atoms with van der Waals surface area (Å²) in [5.74, 6) is -0.288. The molecule has 0 saturated heterocycles. The van der Waals surface area contributed by atoms with E-state index >= 15 is 0 Å². The van der Waals surface area contributed by atoms with Crippen LogP contribution in [0.2, 0.25) is 5.02 Å².